The SMILES string of the molecule is CC1CCSCC1C(C)(C)C. The second kappa shape index (κ2) is 3.38. The van der Waals surface area contributed by atoms with Gasteiger partial charge in [-0.05, 0) is 35.2 Å². The summed E-state index contributed by atoms with van der Waals surface area (Å²) in [6.45, 7) is 9.54. The summed E-state index contributed by atoms with van der Waals surface area (Å²) in [7, 11) is 0. The minimum Gasteiger partial charge on any atom is -0.162 e. The van der Waals surface area contributed by atoms with Gasteiger partial charge < -0.3 is 0 Å². The molecule has 1 fully saturated rings. The van der Waals surface area contributed by atoms with Gasteiger partial charge in [0.05, 0.1) is 0 Å². The number of hydrogen-bond acceptors (Lipinski definition) is 1. The minimum atomic E-state index is 0.521. The molecule has 0 spiro atoms. The van der Waals surface area contributed by atoms with Crippen LogP contribution >= 0.6 is 11.8 Å². The molecule has 1 aliphatic heterocycles. The molecule has 0 radical (unpaired) electrons. The third-order valence-electron chi connectivity index (χ3n) is 2.81. The summed E-state index contributed by atoms with van der Waals surface area (Å²) in [5, 5.41) is 0. The molecule has 0 N–H and O–H groups in total. The quantitative estimate of drug-likeness (QED) is 0.539. The first kappa shape index (κ1) is 9.44. The van der Waals surface area contributed by atoms with Crippen LogP contribution in [0.2, 0.25) is 0 Å². The summed E-state index contributed by atoms with van der Waals surface area (Å²) in [6.07, 6.45) is 1.42. The largest absolute Gasteiger partial charge is 0.162 e. The van der Waals surface area contributed by atoms with Crippen molar-refractivity contribution < 1.29 is 0 Å². The molecule has 1 rings (SSSR count). The van der Waals surface area contributed by atoms with E-state index < -0.39 is 0 Å². The molecule has 0 aliphatic carbocycles. The highest BCUT2D eigenvalue weighted by molar-refractivity contribution is 7.99. The first-order chi connectivity index (χ1) is 5.02. The summed E-state index contributed by atoms with van der Waals surface area (Å²) < 4.78 is 0. The first-order valence-electron chi connectivity index (χ1n) is 4.59. The summed E-state index contributed by atoms with van der Waals surface area (Å²) >= 11 is 2.13. The highest BCUT2D eigenvalue weighted by atomic mass is 32.2. The van der Waals surface area contributed by atoms with Gasteiger partial charge in [0.1, 0.15) is 0 Å². The zero-order valence-corrected chi connectivity index (χ0v) is 9.00. The van der Waals surface area contributed by atoms with E-state index >= 15 is 0 Å². The third-order valence-corrected chi connectivity index (χ3v) is 3.93. The van der Waals surface area contributed by atoms with Crippen LogP contribution in [0.15, 0.2) is 0 Å². The van der Waals surface area contributed by atoms with Crippen LogP contribution in [-0.4, -0.2) is 11.5 Å². The van der Waals surface area contributed by atoms with Gasteiger partial charge in [-0.2, -0.15) is 11.8 Å². The van der Waals surface area contributed by atoms with E-state index in [1.807, 2.05) is 0 Å². The lowest BCUT2D eigenvalue weighted by Gasteiger charge is -2.38. The lowest BCUT2D eigenvalue weighted by molar-refractivity contribution is 0.185. The van der Waals surface area contributed by atoms with E-state index in [0.717, 1.165) is 11.8 Å². The monoisotopic (exact) mass is 172 g/mol. The minimum absolute atomic E-state index is 0.521. The fraction of sp³-hybridized carbons (Fsp3) is 1.00. The maximum Gasteiger partial charge on any atom is -0.00316 e. The Hall–Kier alpha value is 0.350. The fourth-order valence-electron chi connectivity index (χ4n) is 1.95. The van der Waals surface area contributed by atoms with Gasteiger partial charge in [0.25, 0.3) is 0 Å². The van der Waals surface area contributed by atoms with Crippen LogP contribution in [0.1, 0.15) is 34.1 Å². The predicted octanol–water partition coefficient (Wildman–Crippen LogP) is 3.42. The Morgan fingerprint density at radius 2 is 1.91 bits per heavy atom. The molecule has 0 aromatic rings. The van der Waals surface area contributed by atoms with Crippen molar-refractivity contribution in [2.45, 2.75) is 34.1 Å². The van der Waals surface area contributed by atoms with Gasteiger partial charge in [-0.25, -0.2) is 0 Å². The van der Waals surface area contributed by atoms with Crippen molar-refractivity contribution in [2.75, 3.05) is 11.5 Å². The topological polar surface area (TPSA) is 0 Å². The molecule has 1 aliphatic rings. The zero-order chi connectivity index (χ0) is 8.48. The van der Waals surface area contributed by atoms with Crippen molar-refractivity contribution in [3.05, 3.63) is 0 Å². The normalized spacial score (nSPS) is 33.8. The molecule has 0 saturated carbocycles. The van der Waals surface area contributed by atoms with Crippen molar-refractivity contribution in [1.29, 1.82) is 0 Å². The van der Waals surface area contributed by atoms with Crippen molar-refractivity contribution in [1.82, 2.24) is 0 Å². The molecule has 1 heteroatoms. The number of thioether (sulfide) groups is 1. The Morgan fingerprint density at radius 3 is 2.27 bits per heavy atom. The van der Waals surface area contributed by atoms with Gasteiger partial charge in [-0.1, -0.05) is 27.7 Å². The maximum absolute atomic E-state index is 2.41. The summed E-state index contributed by atoms with van der Waals surface area (Å²) in [5.41, 5.74) is 0.521. The molecule has 11 heavy (non-hydrogen) atoms. The molecule has 2 atom stereocenters. The molecular weight excluding hydrogens is 152 g/mol. The van der Waals surface area contributed by atoms with E-state index in [1.165, 1.54) is 17.9 Å². The lowest BCUT2D eigenvalue weighted by Crippen LogP contribution is -2.32. The van der Waals surface area contributed by atoms with E-state index in [9.17, 15) is 0 Å². The van der Waals surface area contributed by atoms with Crippen LogP contribution in [0, 0.1) is 17.3 Å². The van der Waals surface area contributed by atoms with Gasteiger partial charge in [0, 0.05) is 0 Å². The van der Waals surface area contributed by atoms with Crippen molar-refractivity contribution in [3.8, 4) is 0 Å². The van der Waals surface area contributed by atoms with Crippen LogP contribution in [0.5, 0.6) is 0 Å². The zero-order valence-electron chi connectivity index (χ0n) is 8.18. The molecule has 0 amide bonds. The number of hydrogen-bond donors (Lipinski definition) is 0. The Labute approximate surface area is 75.1 Å². The summed E-state index contributed by atoms with van der Waals surface area (Å²) in [6, 6.07) is 0. The van der Waals surface area contributed by atoms with Gasteiger partial charge in [0.15, 0.2) is 0 Å². The highest BCUT2D eigenvalue weighted by Gasteiger charge is 2.31. The fourth-order valence-corrected chi connectivity index (χ4v) is 3.74. The first-order valence-corrected chi connectivity index (χ1v) is 5.75. The Balaban J connectivity index is 2.55. The maximum atomic E-state index is 2.41. The van der Waals surface area contributed by atoms with Crippen LogP contribution in [0.25, 0.3) is 0 Å². The molecule has 2 unspecified atom stereocenters. The molecule has 1 saturated heterocycles. The van der Waals surface area contributed by atoms with Crippen LogP contribution in [-0.2, 0) is 0 Å². The Bertz CT molecular complexity index is 123. The molecule has 66 valence electrons. The summed E-state index contributed by atoms with van der Waals surface area (Å²) in [5.74, 6) is 4.64. The smallest absolute Gasteiger partial charge is 0.00316 e. The standard InChI is InChI=1S/C10H20S/c1-8-5-6-11-7-9(8)10(2,3)4/h8-9H,5-7H2,1-4H3. The summed E-state index contributed by atoms with van der Waals surface area (Å²) in [4.78, 5) is 0. The molecule has 0 nitrogen and oxygen atoms in total. The van der Waals surface area contributed by atoms with E-state index in [0.29, 0.717) is 5.41 Å². The van der Waals surface area contributed by atoms with E-state index in [1.54, 1.807) is 0 Å². The van der Waals surface area contributed by atoms with Crippen molar-refractivity contribution in [3.63, 3.8) is 0 Å². The van der Waals surface area contributed by atoms with E-state index in [-0.39, 0.29) is 0 Å². The van der Waals surface area contributed by atoms with Crippen LogP contribution in [0.3, 0.4) is 0 Å². The average Bonchev–Trinajstić information content (AvgIpc) is 1.86. The lowest BCUT2D eigenvalue weighted by atomic mass is 9.74. The van der Waals surface area contributed by atoms with E-state index in [2.05, 4.69) is 39.5 Å². The van der Waals surface area contributed by atoms with Gasteiger partial charge in [-0.3, -0.25) is 0 Å². The van der Waals surface area contributed by atoms with Gasteiger partial charge >= 0.3 is 0 Å². The Kier molecular flexibility index (Phi) is 2.90. The predicted molar refractivity (Wildman–Crippen MR) is 54.1 cm³/mol. The molecule has 0 aromatic carbocycles. The average molecular weight is 172 g/mol. The highest BCUT2D eigenvalue weighted by Crippen LogP contribution is 2.39. The Morgan fingerprint density at radius 1 is 1.27 bits per heavy atom. The van der Waals surface area contributed by atoms with Crippen molar-refractivity contribution >= 4 is 11.8 Å². The van der Waals surface area contributed by atoms with Crippen molar-refractivity contribution in [2.24, 2.45) is 17.3 Å². The van der Waals surface area contributed by atoms with Crippen LogP contribution in [0.4, 0.5) is 0 Å². The third kappa shape index (κ3) is 2.40. The second-order valence-electron chi connectivity index (χ2n) is 4.81. The van der Waals surface area contributed by atoms with E-state index in [4.69, 9.17) is 0 Å². The van der Waals surface area contributed by atoms with Gasteiger partial charge in [-0.15, -0.1) is 0 Å². The second-order valence-corrected chi connectivity index (χ2v) is 5.96. The van der Waals surface area contributed by atoms with Gasteiger partial charge in [0.2, 0.25) is 0 Å². The molecule has 0 bridgehead atoms. The molecule has 1 heterocycles. The molecule has 0 aromatic heterocycles. The van der Waals surface area contributed by atoms with Crippen LogP contribution < -0.4 is 0 Å². The molecular formula is C10H20S. The number of rotatable bonds is 0.